The fourth-order valence-corrected chi connectivity index (χ4v) is 1.81. The first-order chi connectivity index (χ1) is 10.5. The average Bonchev–Trinajstić information content (AvgIpc) is 2.48. The van der Waals surface area contributed by atoms with E-state index in [4.69, 9.17) is 14.6 Å². The monoisotopic (exact) mass is 302 g/mol. The Labute approximate surface area is 126 Å². The van der Waals surface area contributed by atoms with E-state index in [1.165, 1.54) is 24.3 Å². The van der Waals surface area contributed by atoms with Crippen LogP contribution in [0, 0.1) is 0 Å². The number of hydrogen-bond donors (Lipinski definition) is 2. The first-order valence-electron chi connectivity index (χ1n) is 6.45. The van der Waals surface area contributed by atoms with Gasteiger partial charge in [-0.15, -0.1) is 0 Å². The Balaban J connectivity index is 2.37. The summed E-state index contributed by atoms with van der Waals surface area (Å²) in [5.41, 5.74) is 0. The van der Waals surface area contributed by atoms with E-state index in [-0.39, 0.29) is 11.5 Å². The highest BCUT2D eigenvalue weighted by molar-refractivity contribution is 5.83. The zero-order valence-electron chi connectivity index (χ0n) is 11.5. The number of ether oxygens (including phenoxy) is 2. The second kappa shape index (κ2) is 6.62. The summed E-state index contributed by atoms with van der Waals surface area (Å²) in [7, 11) is 0. The number of rotatable bonds is 7. The minimum atomic E-state index is -2.35. The van der Waals surface area contributed by atoms with Crippen LogP contribution in [-0.2, 0) is 9.59 Å². The lowest BCUT2D eigenvalue weighted by Gasteiger charge is -2.29. The van der Waals surface area contributed by atoms with Crippen molar-refractivity contribution in [2.75, 3.05) is 0 Å². The summed E-state index contributed by atoms with van der Waals surface area (Å²) in [5, 5.41) is 18.5. The molecule has 6 nitrogen and oxygen atoms in total. The summed E-state index contributed by atoms with van der Waals surface area (Å²) in [6, 6.07) is 16.1. The van der Waals surface area contributed by atoms with Gasteiger partial charge < -0.3 is 19.7 Å². The van der Waals surface area contributed by atoms with Gasteiger partial charge in [-0.3, -0.25) is 4.79 Å². The van der Waals surface area contributed by atoms with Gasteiger partial charge in [0.1, 0.15) is 17.9 Å². The molecular weight excluding hydrogens is 288 g/mol. The zero-order valence-corrected chi connectivity index (χ0v) is 11.5. The molecule has 2 rings (SSSR count). The van der Waals surface area contributed by atoms with E-state index in [0.717, 1.165) is 0 Å². The van der Waals surface area contributed by atoms with Crippen molar-refractivity contribution in [3.63, 3.8) is 0 Å². The highest BCUT2D eigenvalue weighted by Gasteiger charge is 2.47. The van der Waals surface area contributed by atoms with E-state index in [1.54, 1.807) is 36.4 Å². The van der Waals surface area contributed by atoms with Crippen molar-refractivity contribution >= 4 is 11.9 Å². The van der Waals surface area contributed by atoms with Crippen LogP contribution in [0.4, 0.5) is 0 Å². The maximum absolute atomic E-state index is 11.7. The second-order valence-electron chi connectivity index (χ2n) is 4.46. The van der Waals surface area contributed by atoms with Crippen LogP contribution in [0.3, 0.4) is 0 Å². The molecule has 114 valence electrons. The molecule has 0 radical (unpaired) electrons. The fraction of sp³-hybridized carbons (Fsp3) is 0.125. The second-order valence-corrected chi connectivity index (χ2v) is 4.46. The van der Waals surface area contributed by atoms with Gasteiger partial charge in [0.05, 0.1) is 0 Å². The Kier molecular flexibility index (Phi) is 4.63. The molecule has 2 aromatic carbocycles. The van der Waals surface area contributed by atoms with E-state index in [2.05, 4.69) is 0 Å². The maximum atomic E-state index is 11.7. The highest BCUT2D eigenvalue weighted by Crippen LogP contribution is 2.26. The lowest BCUT2D eigenvalue weighted by atomic mass is 10.2. The molecule has 0 aromatic heterocycles. The number of carboxylic acids is 2. The lowest BCUT2D eigenvalue weighted by Crippen LogP contribution is -2.51. The van der Waals surface area contributed by atoms with Crippen LogP contribution in [0.25, 0.3) is 0 Å². The third-order valence-corrected chi connectivity index (χ3v) is 2.76. The van der Waals surface area contributed by atoms with Crippen LogP contribution >= 0.6 is 0 Å². The summed E-state index contributed by atoms with van der Waals surface area (Å²) in [5.74, 6) is -4.84. The van der Waals surface area contributed by atoms with Crippen LogP contribution < -0.4 is 9.47 Å². The van der Waals surface area contributed by atoms with E-state index in [1.807, 2.05) is 0 Å². The van der Waals surface area contributed by atoms with Gasteiger partial charge in [0.15, 0.2) is 0 Å². The summed E-state index contributed by atoms with van der Waals surface area (Å²) >= 11 is 0. The first kappa shape index (κ1) is 15.4. The van der Waals surface area contributed by atoms with Crippen LogP contribution in [0.5, 0.6) is 11.5 Å². The molecule has 0 heterocycles. The van der Waals surface area contributed by atoms with Crippen molar-refractivity contribution < 1.29 is 29.3 Å². The smallest absolute Gasteiger partial charge is 0.391 e. The molecular formula is C16H14O6. The number of hydrogen-bond acceptors (Lipinski definition) is 4. The summed E-state index contributed by atoms with van der Waals surface area (Å²) in [6.45, 7) is 0. The van der Waals surface area contributed by atoms with Gasteiger partial charge in [0.25, 0.3) is 0 Å². The SMILES string of the molecule is O=C(O)CC(Oc1ccccc1)(Oc1ccccc1)C(=O)O. The number of carboxylic acid groups (broad SMARTS) is 2. The Hall–Kier alpha value is -3.02. The maximum Gasteiger partial charge on any atom is 0.391 e. The molecule has 6 heteroatoms. The Morgan fingerprint density at radius 1 is 0.818 bits per heavy atom. The van der Waals surface area contributed by atoms with Crippen LogP contribution in [-0.4, -0.2) is 27.9 Å². The molecule has 0 aliphatic rings. The molecule has 22 heavy (non-hydrogen) atoms. The van der Waals surface area contributed by atoms with Crippen LogP contribution in [0.2, 0.25) is 0 Å². The van der Waals surface area contributed by atoms with Gasteiger partial charge in [-0.2, -0.15) is 0 Å². The third-order valence-electron chi connectivity index (χ3n) is 2.76. The topological polar surface area (TPSA) is 93.1 Å². The third kappa shape index (κ3) is 3.76. The molecule has 0 fully saturated rings. The lowest BCUT2D eigenvalue weighted by molar-refractivity contribution is -0.192. The molecule has 0 amide bonds. The van der Waals surface area contributed by atoms with Crippen molar-refractivity contribution in [3.8, 4) is 11.5 Å². The molecule has 2 aromatic rings. The Morgan fingerprint density at radius 3 is 1.55 bits per heavy atom. The van der Waals surface area contributed by atoms with Crippen molar-refractivity contribution in [1.29, 1.82) is 0 Å². The number of aliphatic carboxylic acids is 2. The number of para-hydroxylation sites is 2. The van der Waals surface area contributed by atoms with Gasteiger partial charge in [0, 0.05) is 0 Å². The molecule has 0 saturated heterocycles. The standard InChI is InChI=1S/C16H14O6/c17-14(18)11-16(15(19)20,21-12-7-3-1-4-8-12)22-13-9-5-2-6-10-13/h1-10H,11H2,(H,17,18)(H,19,20). The van der Waals surface area contributed by atoms with E-state index in [9.17, 15) is 14.7 Å². The Morgan fingerprint density at radius 2 is 1.23 bits per heavy atom. The molecule has 0 atom stereocenters. The van der Waals surface area contributed by atoms with Crippen molar-refractivity contribution in [2.45, 2.75) is 12.2 Å². The number of carbonyl (C=O) groups is 2. The van der Waals surface area contributed by atoms with E-state index >= 15 is 0 Å². The molecule has 0 saturated carbocycles. The minimum absolute atomic E-state index is 0.196. The molecule has 0 spiro atoms. The van der Waals surface area contributed by atoms with Gasteiger partial charge >= 0.3 is 17.7 Å². The predicted octanol–water partition coefficient (Wildman–Crippen LogP) is 2.40. The highest BCUT2D eigenvalue weighted by atomic mass is 16.7. The minimum Gasteiger partial charge on any atom is -0.481 e. The van der Waals surface area contributed by atoms with Crippen LogP contribution in [0.1, 0.15) is 6.42 Å². The summed E-state index contributed by atoms with van der Waals surface area (Å²) in [6.07, 6.45) is -0.855. The largest absolute Gasteiger partial charge is 0.481 e. The van der Waals surface area contributed by atoms with E-state index < -0.39 is 24.1 Å². The molecule has 0 unspecified atom stereocenters. The van der Waals surface area contributed by atoms with Gasteiger partial charge in [-0.05, 0) is 24.3 Å². The van der Waals surface area contributed by atoms with E-state index in [0.29, 0.717) is 0 Å². The van der Waals surface area contributed by atoms with Crippen molar-refractivity contribution in [3.05, 3.63) is 60.7 Å². The predicted molar refractivity (Wildman–Crippen MR) is 76.8 cm³/mol. The van der Waals surface area contributed by atoms with Gasteiger partial charge in [-0.25, -0.2) is 4.79 Å². The zero-order chi connectivity index (χ0) is 16.0. The fourth-order valence-electron chi connectivity index (χ4n) is 1.81. The van der Waals surface area contributed by atoms with Crippen molar-refractivity contribution in [2.24, 2.45) is 0 Å². The summed E-state index contributed by atoms with van der Waals surface area (Å²) in [4.78, 5) is 22.7. The Bertz CT molecular complexity index is 597. The molecule has 0 bridgehead atoms. The first-order valence-corrected chi connectivity index (χ1v) is 6.45. The molecule has 0 aliphatic carbocycles. The van der Waals surface area contributed by atoms with Gasteiger partial charge in [0.2, 0.25) is 0 Å². The molecule has 0 aliphatic heterocycles. The average molecular weight is 302 g/mol. The quantitative estimate of drug-likeness (QED) is 0.763. The summed E-state index contributed by atoms with van der Waals surface area (Å²) < 4.78 is 10.8. The van der Waals surface area contributed by atoms with Crippen LogP contribution in [0.15, 0.2) is 60.7 Å². The molecule has 2 N–H and O–H groups in total. The van der Waals surface area contributed by atoms with Gasteiger partial charge in [-0.1, -0.05) is 36.4 Å². The van der Waals surface area contributed by atoms with Crippen molar-refractivity contribution in [1.82, 2.24) is 0 Å². The number of benzene rings is 2. The normalized spacial score (nSPS) is 10.7.